The average Bonchev–Trinajstić information content (AvgIpc) is 3.25. The van der Waals surface area contributed by atoms with Crippen molar-refractivity contribution in [2.75, 3.05) is 5.32 Å². The monoisotopic (exact) mass is 315 g/mol. The molecule has 0 amide bonds. The Kier molecular flexibility index (Phi) is 2.86. The molecule has 1 aliphatic rings. The number of H-pyrrole nitrogens is 1. The van der Waals surface area contributed by atoms with E-state index in [1.807, 2.05) is 12.3 Å². The first-order chi connectivity index (χ1) is 10.6. The molecular formula is C14H13N5O2S. The van der Waals surface area contributed by atoms with Crippen molar-refractivity contribution in [1.82, 2.24) is 19.7 Å². The largest absolute Gasteiger partial charge is 0.327 e. The molecule has 1 aliphatic carbocycles. The first-order valence-corrected chi connectivity index (χ1v) is 7.75. The third kappa shape index (κ3) is 2.31. The van der Waals surface area contributed by atoms with Gasteiger partial charge in [0, 0.05) is 19.3 Å². The number of nitrogens with one attached hydrogen (secondary N) is 2. The fourth-order valence-electron chi connectivity index (χ4n) is 2.39. The van der Waals surface area contributed by atoms with E-state index in [4.69, 9.17) is 0 Å². The van der Waals surface area contributed by atoms with Crippen molar-refractivity contribution in [2.45, 2.75) is 18.8 Å². The molecule has 2 N–H and O–H groups in total. The molecule has 1 saturated carbocycles. The van der Waals surface area contributed by atoms with Crippen LogP contribution in [0.5, 0.6) is 0 Å². The summed E-state index contributed by atoms with van der Waals surface area (Å²) in [6.07, 6.45) is 4.24. The van der Waals surface area contributed by atoms with E-state index < -0.39 is 0 Å². The number of hydrogen-bond donors (Lipinski definition) is 2. The summed E-state index contributed by atoms with van der Waals surface area (Å²) in [6.45, 7) is 0. The third-order valence-corrected chi connectivity index (χ3v) is 4.57. The van der Waals surface area contributed by atoms with Crippen LogP contribution in [0.1, 0.15) is 24.3 Å². The minimum absolute atomic E-state index is 0.104. The molecule has 0 spiro atoms. The highest BCUT2D eigenvalue weighted by molar-refractivity contribution is 7.22. The van der Waals surface area contributed by atoms with Crippen LogP contribution in [-0.4, -0.2) is 19.7 Å². The molecule has 3 aromatic heterocycles. The average molecular weight is 315 g/mol. The van der Waals surface area contributed by atoms with Gasteiger partial charge in [0.2, 0.25) is 0 Å². The van der Waals surface area contributed by atoms with Gasteiger partial charge >= 0.3 is 0 Å². The molecule has 3 heterocycles. The predicted molar refractivity (Wildman–Crippen MR) is 85.0 cm³/mol. The highest BCUT2D eigenvalue weighted by Crippen LogP contribution is 2.40. The summed E-state index contributed by atoms with van der Waals surface area (Å²) in [5, 5.41) is 9.84. The zero-order chi connectivity index (χ0) is 15.3. The number of aromatic nitrogens is 4. The lowest BCUT2D eigenvalue weighted by Crippen LogP contribution is -2.19. The topological polar surface area (TPSA) is 92.7 Å². The Hall–Kier alpha value is -2.48. The Morgan fingerprint density at radius 2 is 2.18 bits per heavy atom. The molecule has 0 saturated heterocycles. The normalized spacial score (nSPS) is 14.4. The summed E-state index contributed by atoms with van der Waals surface area (Å²) in [5.41, 5.74) is 1.75. The Bertz CT molecular complexity index is 983. The molecule has 112 valence electrons. The second-order valence-electron chi connectivity index (χ2n) is 5.44. The number of fused-ring (bicyclic) bond motifs is 1. The van der Waals surface area contributed by atoms with Crippen LogP contribution in [0.4, 0.5) is 10.8 Å². The van der Waals surface area contributed by atoms with Crippen LogP contribution in [0.2, 0.25) is 0 Å². The van der Waals surface area contributed by atoms with E-state index in [0.717, 1.165) is 0 Å². The lowest BCUT2D eigenvalue weighted by molar-refractivity contribution is 0.843. The standard InChI is InChI=1S/C14H13N5O2S/c1-19-6-8(7-2-3-7)4-9(13(19)21)15-14-16-12-10(22-14)5-11(20)17-18-12/h4-7H,2-3H2,1H3,(H,17,20)(H,15,16,18). The molecule has 0 atom stereocenters. The van der Waals surface area contributed by atoms with Crippen LogP contribution < -0.4 is 16.4 Å². The minimum Gasteiger partial charge on any atom is -0.327 e. The number of aromatic amines is 1. The van der Waals surface area contributed by atoms with Gasteiger partial charge in [0.15, 0.2) is 10.8 Å². The number of nitrogens with zero attached hydrogens (tertiary/aromatic N) is 3. The van der Waals surface area contributed by atoms with Crippen LogP contribution in [0.25, 0.3) is 10.3 Å². The van der Waals surface area contributed by atoms with Gasteiger partial charge < -0.3 is 9.88 Å². The number of rotatable bonds is 3. The third-order valence-electron chi connectivity index (χ3n) is 3.66. The van der Waals surface area contributed by atoms with Gasteiger partial charge in [-0.1, -0.05) is 11.3 Å². The fourth-order valence-corrected chi connectivity index (χ4v) is 3.24. The van der Waals surface area contributed by atoms with Gasteiger partial charge in [-0.15, -0.1) is 0 Å². The number of thiazole rings is 1. The lowest BCUT2D eigenvalue weighted by atomic mass is 10.2. The summed E-state index contributed by atoms with van der Waals surface area (Å²) in [6, 6.07) is 3.34. The second kappa shape index (κ2) is 4.77. The zero-order valence-electron chi connectivity index (χ0n) is 11.8. The maximum Gasteiger partial charge on any atom is 0.274 e. The van der Waals surface area contributed by atoms with Gasteiger partial charge in [-0.2, -0.15) is 10.1 Å². The molecule has 3 aromatic rings. The van der Waals surface area contributed by atoms with Crippen LogP contribution in [0, 0.1) is 0 Å². The smallest absolute Gasteiger partial charge is 0.274 e. The van der Waals surface area contributed by atoms with Crippen molar-refractivity contribution in [3.05, 3.63) is 44.6 Å². The van der Waals surface area contributed by atoms with Gasteiger partial charge in [0.05, 0.1) is 4.70 Å². The molecule has 0 radical (unpaired) electrons. The molecule has 22 heavy (non-hydrogen) atoms. The minimum atomic E-state index is -0.269. The summed E-state index contributed by atoms with van der Waals surface area (Å²) in [4.78, 5) is 27.8. The summed E-state index contributed by atoms with van der Waals surface area (Å²) in [5.74, 6) is 0.557. The van der Waals surface area contributed by atoms with Gasteiger partial charge in [-0.3, -0.25) is 9.59 Å². The summed E-state index contributed by atoms with van der Waals surface area (Å²) < 4.78 is 2.27. The first kappa shape index (κ1) is 13.2. The Morgan fingerprint density at radius 3 is 2.95 bits per heavy atom. The summed E-state index contributed by atoms with van der Waals surface area (Å²) >= 11 is 1.30. The maximum absolute atomic E-state index is 12.2. The number of anilines is 2. The van der Waals surface area contributed by atoms with E-state index in [-0.39, 0.29) is 11.1 Å². The molecule has 0 aliphatic heterocycles. The predicted octanol–water partition coefficient (Wildman–Crippen LogP) is 1.70. The van der Waals surface area contributed by atoms with E-state index in [2.05, 4.69) is 20.5 Å². The molecule has 7 nitrogen and oxygen atoms in total. The van der Waals surface area contributed by atoms with E-state index in [1.54, 1.807) is 11.6 Å². The van der Waals surface area contributed by atoms with Crippen LogP contribution in [0.15, 0.2) is 27.9 Å². The number of hydrogen-bond acceptors (Lipinski definition) is 6. The van der Waals surface area contributed by atoms with E-state index in [9.17, 15) is 9.59 Å². The van der Waals surface area contributed by atoms with E-state index in [0.29, 0.717) is 27.1 Å². The maximum atomic E-state index is 12.2. The van der Waals surface area contributed by atoms with Crippen molar-refractivity contribution in [3.8, 4) is 0 Å². The van der Waals surface area contributed by atoms with E-state index >= 15 is 0 Å². The number of pyridine rings is 1. The highest BCUT2D eigenvalue weighted by atomic mass is 32.1. The zero-order valence-corrected chi connectivity index (χ0v) is 12.6. The van der Waals surface area contributed by atoms with Gasteiger partial charge in [-0.05, 0) is 30.4 Å². The van der Waals surface area contributed by atoms with Crippen molar-refractivity contribution in [2.24, 2.45) is 7.05 Å². The quantitative estimate of drug-likeness (QED) is 0.767. The molecule has 0 unspecified atom stereocenters. The fraction of sp³-hybridized carbons (Fsp3) is 0.286. The first-order valence-electron chi connectivity index (χ1n) is 6.94. The van der Waals surface area contributed by atoms with Gasteiger partial charge in [0.25, 0.3) is 11.1 Å². The van der Waals surface area contributed by atoms with Crippen molar-refractivity contribution in [1.29, 1.82) is 0 Å². The summed E-state index contributed by atoms with van der Waals surface area (Å²) in [7, 11) is 1.75. The van der Waals surface area contributed by atoms with Crippen LogP contribution in [-0.2, 0) is 7.05 Å². The molecule has 8 heteroatoms. The number of aryl methyl sites for hydroxylation is 1. The van der Waals surface area contributed by atoms with Gasteiger partial charge in [-0.25, -0.2) is 5.10 Å². The Morgan fingerprint density at radius 1 is 1.36 bits per heavy atom. The van der Waals surface area contributed by atoms with Crippen LogP contribution >= 0.6 is 11.3 Å². The van der Waals surface area contributed by atoms with Crippen molar-refractivity contribution < 1.29 is 0 Å². The van der Waals surface area contributed by atoms with Crippen molar-refractivity contribution >= 4 is 32.5 Å². The van der Waals surface area contributed by atoms with Crippen LogP contribution in [0.3, 0.4) is 0 Å². The van der Waals surface area contributed by atoms with E-state index in [1.165, 1.54) is 35.8 Å². The molecular weight excluding hydrogens is 302 g/mol. The lowest BCUT2D eigenvalue weighted by Gasteiger charge is -2.08. The molecule has 0 bridgehead atoms. The molecule has 4 rings (SSSR count). The van der Waals surface area contributed by atoms with Gasteiger partial charge in [0.1, 0.15) is 5.69 Å². The molecule has 0 aromatic carbocycles. The SMILES string of the molecule is Cn1cc(C2CC2)cc(Nc2nc3n[nH]c(=O)cc3s2)c1=O. The van der Waals surface area contributed by atoms with Crippen molar-refractivity contribution in [3.63, 3.8) is 0 Å². The Balaban J connectivity index is 1.75. The highest BCUT2D eigenvalue weighted by Gasteiger charge is 2.25. The Labute approximate surface area is 128 Å². The second-order valence-corrected chi connectivity index (χ2v) is 6.47. The molecule has 1 fully saturated rings.